The lowest BCUT2D eigenvalue weighted by Gasteiger charge is -2.12. The third-order valence-electron chi connectivity index (χ3n) is 3.71. The van der Waals surface area contributed by atoms with Crippen molar-refractivity contribution >= 4 is 21.0 Å². The molecule has 5 nitrogen and oxygen atoms in total. The highest BCUT2D eigenvalue weighted by Crippen LogP contribution is 2.31. The van der Waals surface area contributed by atoms with Crippen molar-refractivity contribution in [2.45, 2.75) is 24.8 Å². The zero-order valence-corrected chi connectivity index (χ0v) is 14.6. The summed E-state index contributed by atoms with van der Waals surface area (Å²) in [4.78, 5) is -0.00753. The maximum absolute atomic E-state index is 13.0. The van der Waals surface area contributed by atoms with E-state index in [0.717, 1.165) is 17.5 Å². The van der Waals surface area contributed by atoms with Crippen molar-refractivity contribution in [2.75, 3.05) is 6.61 Å². The summed E-state index contributed by atoms with van der Waals surface area (Å²) in [7, 11) is -3.79. The maximum atomic E-state index is 13.0. The minimum absolute atomic E-state index is 0.00753. The molecule has 0 radical (unpaired) electrons. The van der Waals surface area contributed by atoms with Crippen LogP contribution >= 0.6 is 0 Å². The fourth-order valence-corrected chi connectivity index (χ4v) is 3.72. The van der Waals surface area contributed by atoms with Crippen LogP contribution < -0.4 is 9.46 Å². The van der Waals surface area contributed by atoms with Gasteiger partial charge in [-0.3, -0.25) is 0 Å². The number of fused-ring (bicyclic) bond motifs is 1. The smallest absolute Gasteiger partial charge is 0.241 e. The van der Waals surface area contributed by atoms with Crippen molar-refractivity contribution in [2.24, 2.45) is 0 Å². The molecule has 0 aliphatic heterocycles. The summed E-state index contributed by atoms with van der Waals surface area (Å²) in [5, 5.41) is 0.828. The summed E-state index contributed by atoms with van der Waals surface area (Å²) in [5.41, 5.74) is 0.576. The number of furan rings is 1. The monoisotopic (exact) mass is 363 g/mol. The summed E-state index contributed by atoms with van der Waals surface area (Å²) >= 11 is 0. The zero-order valence-electron chi connectivity index (χ0n) is 13.8. The van der Waals surface area contributed by atoms with Crippen LogP contribution in [0, 0.1) is 5.82 Å². The molecule has 0 aliphatic rings. The quantitative estimate of drug-likeness (QED) is 0.718. The highest BCUT2D eigenvalue weighted by Gasteiger charge is 2.21. The van der Waals surface area contributed by atoms with Crippen molar-refractivity contribution in [1.29, 1.82) is 0 Å². The lowest BCUT2D eigenvalue weighted by molar-refractivity contribution is 0.336. The number of ether oxygens (including phenoxy) is 1. The molecule has 3 rings (SSSR count). The van der Waals surface area contributed by atoms with E-state index in [-0.39, 0.29) is 4.90 Å². The summed E-state index contributed by atoms with van der Waals surface area (Å²) < 4.78 is 51.7. The SMILES string of the molecule is CCOc1cccc2cc(C(C)NS(=O)(=O)c3ccc(F)cc3)oc12. The molecule has 1 unspecified atom stereocenters. The molecular formula is C18H18FNO4S. The molecule has 25 heavy (non-hydrogen) atoms. The summed E-state index contributed by atoms with van der Waals surface area (Å²) in [5.74, 6) is 0.584. The second-order valence-electron chi connectivity index (χ2n) is 5.55. The Bertz CT molecular complexity index is 980. The van der Waals surface area contributed by atoms with Crippen LogP contribution in [0.15, 0.2) is 57.8 Å². The number of para-hydroxylation sites is 1. The first-order valence-corrected chi connectivity index (χ1v) is 9.32. The van der Waals surface area contributed by atoms with E-state index in [1.807, 2.05) is 19.1 Å². The fraction of sp³-hybridized carbons (Fsp3) is 0.222. The van der Waals surface area contributed by atoms with Crippen LogP contribution in [0.2, 0.25) is 0 Å². The average Bonchev–Trinajstić information content (AvgIpc) is 3.00. The topological polar surface area (TPSA) is 68.5 Å². The Balaban J connectivity index is 1.88. The number of halogens is 1. The second-order valence-corrected chi connectivity index (χ2v) is 7.27. The van der Waals surface area contributed by atoms with Crippen molar-refractivity contribution in [1.82, 2.24) is 4.72 Å². The van der Waals surface area contributed by atoms with E-state index in [1.165, 1.54) is 12.1 Å². The molecule has 1 aromatic heterocycles. The van der Waals surface area contributed by atoms with Gasteiger partial charge in [0.25, 0.3) is 0 Å². The van der Waals surface area contributed by atoms with Gasteiger partial charge in [-0.05, 0) is 50.2 Å². The van der Waals surface area contributed by atoms with Crippen molar-refractivity contribution in [3.63, 3.8) is 0 Å². The number of nitrogens with one attached hydrogen (secondary N) is 1. The van der Waals surface area contributed by atoms with E-state index >= 15 is 0 Å². The molecule has 0 bridgehead atoms. The molecule has 0 amide bonds. The molecule has 0 aliphatic carbocycles. The van der Waals surface area contributed by atoms with Crippen LogP contribution in [0.25, 0.3) is 11.0 Å². The largest absolute Gasteiger partial charge is 0.490 e. The Labute approximate surface area is 145 Å². The minimum Gasteiger partial charge on any atom is -0.490 e. The van der Waals surface area contributed by atoms with Gasteiger partial charge in [-0.1, -0.05) is 12.1 Å². The summed E-state index contributed by atoms with van der Waals surface area (Å²) in [6, 6.07) is 11.3. The number of sulfonamides is 1. The van der Waals surface area contributed by atoms with Crippen LogP contribution in [-0.2, 0) is 10.0 Å². The number of rotatable bonds is 6. The van der Waals surface area contributed by atoms with Gasteiger partial charge >= 0.3 is 0 Å². The Morgan fingerprint density at radius 1 is 1.20 bits per heavy atom. The molecular weight excluding hydrogens is 345 g/mol. The van der Waals surface area contributed by atoms with Gasteiger partial charge in [0.05, 0.1) is 17.5 Å². The second kappa shape index (κ2) is 6.85. The molecule has 2 aromatic carbocycles. The molecule has 132 valence electrons. The molecule has 3 aromatic rings. The third kappa shape index (κ3) is 3.67. The van der Waals surface area contributed by atoms with Gasteiger partial charge in [0.2, 0.25) is 10.0 Å². The van der Waals surface area contributed by atoms with E-state index in [4.69, 9.17) is 9.15 Å². The van der Waals surface area contributed by atoms with Crippen LogP contribution in [0.3, 0.4) is 0 Å². The van der Waals surface area contributed by atoms with Gasteiger partial charge in [-0.25, -0.2) is 17.5 Å². The van der Waals surface area contributed by atoms with Crippen LogP contribution in [0.1, 0.15) is 25.6 Å². The molecule has 0 saturated heterocycles. The highest BCUT2D eigenvalue weighted by atomic mass is 32.2. The van der Waals surface area contributed by atoms with Crippen LogP contribution in [0.5, 0.6) is 5.75 Å². The first kappa shape index (κ1) is 17.4. The molecule has 0 spiro atoms. The Morgan fingerprint density at radius 3 is 2.60 bits per heavy atom. The van der Waals surface area contributed by atoms with E-state index in [9.17, 15) is 12.8 Å². The standard InChI is InChI=1S/C18H18FNO4S/c1-3-23-16-6-4-5-13-11-17(24-18(13)16)12(2)20-25(21,22)15-9-7-14(19)8-10-15/h4-12,20H,3H2,1-2H3. The fourth-order valence-electron chi connectivity index (χ4n) is 2.51. The molecule has 1 atom stereocenters. The molecule has 7 heteroatoms. The van der Waals surface area contributed by atoms with E-state index < -0.39 is 21.9 Å². The van der Waals surface area contributed by atoms with Gasteiger partial charge in [0.1, 0.15) is 11.6 Å². The van der Waals surface area contributed by atoms with Gasteiger partial charge < -0.3 is 9.15 Å². The molecule has 1 heterocycles. The average molecular weight is 363 g/mol. The summed E-state index contributed by atoms with van der Waals surface area (Å²) in [6.07, 6.45) is 0. The zero-order chi connectivity index (χ0) is 18.0. The van der Waals surface area contributed by atoms with Crippen molar-refractivity contribution < 1.29 is 22.0 Å². The van der Waals surface area contributed by atoms with E-state index in [0.29, 0.717) is 23.7 Å². The lowest BCUT2D eigenvalue weighted by atomic mass is 10.2. The van der Waals surface area contributed by atoms with Crippen LogP contribution in [-0.4, -0.2) is 15.0 Å². The first-order chi connectivity index (χ1) is 11.9. The number of hydrogen-bond donors (Lipinski definition) is 1. The van der Waals surface area contributed by atoms with E-state index in [1.54, 1.807) is 19.1 Å². The van der Waals surface area contributed by atoms with Gasteiger partial charge in [-0.15, -0.1) is 0 Å². The molecule has 0 saturated carbocycles. The third-order valence-corrected chi connectivity index (χ3v) is 5.27. The van der Waals surface area contributed by atoms with Gasteiger partial charge in [0, 0.05) is 5.39 Å². The Morgan fingerprint density at radius 2 is 1.92 bits per heavy atom. The lowest BCUT2D eigenvalue weighted by Crippen LogP contribution is -2.26. The first-order valence-electron chi connectivity index (χ1n) is 7.84. The summed E-state index contributed by atoms with van der Waals surface area (Å²) in [6.45, 7) is 4.06. The van der Waals surface area contributed by atoms with Gasteiger partial charge in [0.15, 0.2) is 11.3 Å². The van der Waals surface area contributed by atoms with Crippen LogP contribution in [0.4, 0.5) is 4.39 Å². The molecule has 0 fully saturated rings. The van der Waals surface area contributed by atoms with Crippen molar-refractivity contribution in [3.8, 4) is 5.75 Å². The number of hydrogen-bond acceptors (Lipinski definition) is 4. The van der Waals surface area contributed by atoms with Gasteiger partial charge in [-0.2, -0.15) is 0 Å². The predicted molar refractivity (Wildman–Crippen MR) is 92.5 cm³/mol. The highest BCUT2D eigenvalue weighted by molar-refractivity contribution is 7.89. The minimum atomic E-state index is -3.79. The van der Waals surface area contributed by atoms with Crippen molar-refractivity contribution in [3.05, 3.63) is 60.1 Å². The maximum Gasteiger partial charge on any atom is 0.241 e. The van der Waals surface area contributed by atoms with E-state index in [2.05, 4.69) is 4.72 Å². The predicted octanol–water partition coefficient (Wildman–Crippen LogP) is 4.01. The Hall–Kier alpha value is -2.38. The Kier molecular flexibility index (Phi) is 4.78. The normalized spacial score (nSPS) is 13.1. The molecule has 1 N–H and O–H groups in total. The number of benzene rings is 2.